The van der Waals surface area contributed by atoms with Gasteiger partial charge in [0.1, 0.15) is 0 Å². The number of fused-ring (bicyclic) bond motifs is 12. The molecule has 0 amide bonds. The number of nitrogens with zero attached hydrogens (tertiary/aromatic N) is 3. The fourth-order valence-electron chi connectivity index (χ4n) is 8.61. The van der Waals surface area contributed by atoms with Crippen molar-refractivity contribution in [3.05, 3.63) is 175 Å². The van der Waals surface area contributed by atoms with Crippen LogP contribution in [0.4, 0.5) is 0 Å². The average molecular weight is 708 g/mol. The van der Waals surface area contributed by atoms with Crippen molar-refractivity contribution in [2.24, 2.45) is 0 Å². The number of aryl methyl sites for hydroxylation is 2. The molecule has 0 aliphatic rings. The van der Waals surface area contributed by atoms with Crippen LogP contribution in [-0.2, 0) is 0 Å². The molecule has 3 nitrogen and oxygen atoms in total. The highest BCUT2D eigenvalue weighted by molar-refractivity contribution is 7.27. The quantitative estimate of drug-likeness (QED) is 0.182. The lowest BCUT2D eigenvalue weighted by Crippen LogP contribution is -2.02. The fourth-order valence-corrected chi connectivity index (χ4v) is 9.89. The summed E-state index contributed by atoms with van der Waals surface area (Å²) >= 11 is 1.90. The van der Waals surface area contributed by atoms with E-state index in [1.807, 2.05) is 11.3 Å². The van der Waals surface area contributed by atoms with E-state index >= 15 is 0 Å². The molecule has 0 bridgehead atoms. The predicted octanol–water partition coefficient (Wildman–Crippen LogP) is 13.9. The Hall–Kier alpha value is -6.62. The van der Waals surface area contributed by atoms with E-state index in [0.717, 1.165) is 45.2 Å². The fraction of sp³-hybridized carbons (Fsp3) is 0.0400. The van der Waals surface area contributed by atoms with E-state index in [0.29, 0.717) is 0 Å². The molecule has 254 valence electrons. The maximum Gasteiger partial charge on any atom is 0.0973 e. The van der Waals surface area contributed by atoms with Gasteiger partial charge >= 0.3 is 0 Å². The van der Waals surface area contributed by atoms with Crippen LogP contribution in [0.1, 0.15) is 11.3 Å². The highest BCUT2D eigenvalue weighted by Gasteiger charge is 2.23. The highest BCUT2D eigenvalue weighted by Crippen LogP contribution is 2.49. The minimum Gasteiger partial charge on any atom is -0.308 e. The number of thiophene rings is 1. The van der Waals surface area contributed by atoms with Gasteiger partial charge in [0.25, 0.3) is 0 Å². The summed E-state index contributed by atoms with van der Waals surface area (Å²) in [5.41, 5.74) is 11.5. The zero-order valence-electron chi connectivity index (χ0n) is 29.8. The van der Waals surface area contributed by atoms with Crippen molar-refractivity contribution in [2.45, 2.75) is 13.8 Å². The van der Waals surface area contributed by atoms with Crippen LogP contribution < -0.4 is 0 Å². The molecule has 8 aromatic carbocycles. The van der Waals surface area contributed by atoms with Crippen LogP contribution in [0.3, 0.4) is 0 Å². The molecular weight excluding hydrogens is 675 g/mol. The van der Waals surface area contributed by atoms with E-state index in [-0.39, 0.29) is 0 Å². The zero-order chi connectivity index (χ0) is 35.9. The van der Waals surface area contributed by atoms with Crippen molar-refractivity contribution < 1.29 is 0 Å². The van der Waals surface area contributed by atoms with Gasteiger partial charge in [-0.15, -0.1) is 11.3 Å². The number of hydrogen-bond acceptors (Lipinski definition) is 3. The van der Waals surface area contributed by atoms with Gasteiger partial charge in [0.2, 0.25) is 0 Å². The molecule has 3 aromatic heterocycles. The van der Waals surface area contributed by atoms with E-state index in [4.69, 9.17) is 9.97 Å². The Morgan fingerprint density at radius 2 is 1.15 bits per heavy atom. The molecule has 0 N–H and O–H groups in total. The van der Waals surface area contributed by atoms with Crippen LogP contribution in [0.15, 0.2) is 164 Å². The van der Waals surface area contributed by atoms with E-state index in [1.165, 1.54) is 69.1 Å². The summed E-state index contributed by atoms with van der Waals surface area (Å²) in [4.78, 5) is 10.8. The van der Waals surface area contributed by atoms with Crippen molar-refractivity contribution in [2.75, 3.05) is 0 Å². The van der Waals surface area contributed by atoms with Crippen LogP contribution in [-0.4, -0.2) is 14.5 Å². The summed E-state index contributed by atoms with van der Waals surface area (Å²) < 4.78 is 5.10. The Bertz CT molecular complexity index is 3300. The Morgan fingerprint density at radius 3 is 1.98 bits per heavy atom. The molecule has 0 fully saturated rings. The maximum atomic E-state index is 5.48. The Balaban J connectivity index is 1.25. The topological polar surface area (TPSA) is 30.7 Å². The molecule has 11 rings (SSSR count). The molecule has 0 saturated carbocycles. The Kier molecular flexibility index (Phi) is 6.85. The molecule has 0 unspecified atom stereocenters. The third-order valence-corrected chi connectivity index (χ3v) is 12.2. The molecule has 0 spiro atoms. The number of aromatic nitrogens is 3. The number of hydrogen-bond donors (Lipinski definition) is 0. The van der Waals surface area contributed by atoms with Crippen LogP contribution in [0, 0.1) is 13.8 Å². The second kappa shape index (κ2) is 12.0. The first-order chi connectivity index (χ1) is 26.6. The van der Waals surface area contributed by atoms with E-state index in [9.17, 15) is 0 Å². The first-order valence-corrected chi connectivity index (χ1v) is 19.2. The largest absolute Gasteiger partial charge is 0.308 e. The number of para-hydroxylation sites is 1. The van der Waals surface area contributed by atoms with Crippen LogP contribution >= 0.6 is 11.3 Å². The molecule has 0 aliphatic heterocycles. The average Bonchev–Trinajstić information content (AvgIpc) is 3.79. The summed E-state index contributed by atoms with van der Waals surface area (Å²) in [6, 6.07) is 59.1. The summed E-state index contributed by atoms with van der Waals surface area (Å²) in [5.74, 6) is 0. The summed E-state index contributed by atoms with van der Waals surface area (Å²) in [6.45, 7) is 4.22. The lowest BCUT2D eigenvalue weighted by molar-refractivity contribution is 1.13. The first-order valence-electron chi connectivity index (χ1n) is 18.4. The van der Waals surface area contributed by atoms with Gasteiger partial charge in [-0.25, -0.2) is 9.97 Å². The second-order valence-electron chi connectivity index (χ2n) is 14.2. The third kappa shape index (κ3) is 4.54. The van der Waals surface area contributed by atoms with E-state index in [2.05, 4.69) is 182 Å². The van der Waals surface area contributed by atoms with Gasteiger partial charge in [-0.05, 0) is 65.2 Å². The number of rotatable bonds is 4. The first kappa shape index (κ1) is 31.0. The molecular formula is C50H33N3S. The van der Waals surface area contributed by atoms with Crippen LogP contribution in [0.25, 0.3) is 103 Å². The standard InChI is InChI=1S/C50H33N3S/c1-30-15-6-8-21-36(30)46-31(2)51-47(33-17-4-3-5-18-33)48(52-46)34-19-14-20-35(29-34)53-41-26-13-12-25-40(41)43-38-23-10-11-24-39(38)45-44-37-22-9-7-16-32(37)27-28-42(44)54-50(45)49(43)53/h3-29H,1-2H3. The van der Waals surface area contributed by atoms with Crippen molar-refractivity contribution in [3.8, 4) is 39.5 Å². The predicted molar refractivity (Wildman–Crippen MR) is 230 cm³/mol. The SMILES string of the molecule is Cc1ccccc1-c1nc(-c2cccc(-n3c4ccccc4c4c5ccccc5c5c(sc6ccc7ccccc7c65)c43)c2)c(-c2ccccc2)nc1C. The van der Waals surface area contributed by atoms with E-state index < -0.39 is 0 Å². The van der Waals surface area contributed by atoms with Gasteiger partial charge in [0.05, 0.1) is 38.5 Å². The molecule has 0 radical (unpaired) electrons. The van der Waals surface area contributed by atoms with Gasteiger partial charge in [-0.3, -0.25) is 0 Å². The third-order valence-electron chi connectivity index (χ3n) is 11.0. The molecule has 54 heavy (non-hydrogen) atoms. The van der Waals surface area contributed by atoms with E-state index in [1.54, 1.807) is 0 Å². The molecule has 0 saturated heterocycles. The van der Waals surface area contributed by atoms with Crippen molar-refractivity contribution in [1.29, 1.82) is 0 Å². The summed E-state index contributed by atoms with van der Waals surface area (Å²) in [6.07, 6.45) is 0. The van der Waals surface area contributed by atoms with Gasteiger partial charge in [0.15, 0.2) is 0 Å². The molecule has 0 atom stereocenters. The smallest absolute Gasteiger partial charge is 0.0973 e. The lowest BCUT2D eigenvalue weighted by Gasteiger charge is -2.16. The van der Waals surface area contributed by atoms with Crippen LogP contribution in [0.5, 0.6) is 0 Å². The normalized spacial score (nSPS) is 11.9. The summed E-state index contributed by atoms with van der Waals surface area (Å²) in [7, 11) is 0. The van der Waals surface area contributed by atoms with Crippen molar-refractivity contribution in [3.63, 3.8) is 0 Å². The molecule has 11 aromatic rings. The van der Waals surface area contributed by atoms with Gasteiger partial charge in [0, 0.05) is 48.6 Å². The maximum absolute atomic E-state index is 5.48. The van der Waals surface area contributed by atoms with Gasteiger partial charge in [-0.2, -0.15) is 0 Å². The van der Waals surface area contributed by atoms with Crippen LogP contribution in [0.2, 0.25) is 0 Å². The summed E-state index contributed by atoms with van der Waals surface area (Å²) in [5, 5.41) is 10.3. The molecule has 0 aliphatic carbocycles. The monoisotopic (exact) mass is 707 g/mol. The van der Waals surface area contributed by atoms with Gasteiger partial charge in [-0.1, -0.05) is 140 Å². The Labute approximate surface area is 316 Å². The zero-order valence-corrected chi connectivity index (χ0v) is 30.7. The minimum atomic E-state index is 0.872. The Morgan fingerprint density at radius 1 is 0.481 bits per heavy atom. The highest BCUT2D eigenvalue weighted by atomic mass is 32.1. The van der Waals surface area contributed by atoms with Crippen molar-refractivity contribution in [1.82, 2.24) is 14.5 Å². The molecule has 4 heteroatoms. The minimum absolute atomic E-state index is 0.872. The van der Waals surface area contributed by atoms with Gasteiger partial charge < -0.3 is 4.57 Å². The second-order valence-corrected chi connectivity index (χ2v) is 15.2. The molecule has 3 heterocycles. The van der Waals surface area contributed by atoms with Crippen molar-refractivity contribution >= 4 is 74.9 Å². The number of benzene rings is 8. The lowest BCUT2D eigenvalue weighted by atomic mass is 9.96.